The molecule has 2 aromatic rings. The Balaban J connectivity index is 1.56. The van der Waals surface area contributed by atoms with Gasteiger partial charge in [0.2, 0.25) is 0 Å². The summed E-state index contributed by atoms with van der Waals surface area (Å²) >= 11 is 0. The van der Waals surface area contributed by atoms with Gasteiger partial charge in [0.25, 0.3) is 5.91 Å². The molecule has 1 unspecified atom stereocenters. The third-order valence-electron chi connectivity index (χ3n) is 5.87. The van der Waals surface area contributed by atoms with Crippen LogP contribution in [-0.4, -0.2) is 64.9 Å². The minimum atomic E-state index is 0.0590. The standard InChI is InChI=1S/C21H30N4O3/c1-3-8-25-19-7-6-16(23(2)15-17-5-4-11-28-17)14-18(19)20(22-25)21(26)24-9-12-27-13-10-24/h4-5,11,16H,3,6-10,12-15H2,1-2H3. The van der Waals surface area contributed by atoms with Gasteiger partial charge in [0.15, 0.2) is 5.69 Å². The fourth-order valence-corrected chi connectivity index (χ4v) is 4.31. The highest BCUT2D eigenvalue weighted by atomic mass is 16.5. The van der Waals surface area contributed by atoms with E-state index in [1.54, 1.807) is 6.26 Å². The lowest BCUT2D eigenvalue weighted by atomic mass is 9.90. The first-order valence-corrected chi connectivity index (χ1v) is 10.4. The molecule has 1 aliphatic heterocycles. The molecule has 1 aliphatic carbocycles. The molecule has 4 rings (SSSR count). The molecule has 0 N–H and O–H groups in total. The number of nitrogens with zero attached hydrogens (tertiary/aromatic N) is 4. The number of hydrogen-bond acceptors (Lipinski definition) is 5. The molecular weight excluding hydrogens is 356 g/mol. The minimum absolute atomic E-state index is 0.0590. The van der Waals surface area contributed by atoms with E-state index < -0.39 is 0 Å². The summed E-state index contributed by atoms with van der Waals surface area (Å²) in [7, 11) is 2.14. The highest BCUT2D eigenvalue weighted by Gasteiger charge is 2.32. The Hall–Kier alpha value is -2.12. The Labute approximate surface area is 166 Å². The molecule has 1 fully saturated rings. The first-order chi connectivity index (χ1) is 13.7. The van der Waals surface area contributed by atoms with E-state index in [-0.39, 0.29) is 5.91 Å². The summed E-state index contributed by atoms with van der Waals surface area (Å²) in [5.41, 5.74) is 3.05. The van der Waals surface area contributed by atoms with Crippen LogP contribution >= 0.6 is 0 Å². The predicted molar refractivity (Wildman–Crippen MR) is 105 cm³/mol. The van der Waals surface area contributed by atoms with Crippen molar-refractivity contribution in [3.05, 3.63) is 41.1 Å². The third kappa shape index (κ3) is 3.86. The van der Waals surface area contributed by atoms with Crippen molar-refractivity contribution in [2.45, 2.75) is 51.7 Å². The molecule has 1 saturated heterocycles. The molecule has 7 heteroatoms. The number of aryl methyl sites for hydroxylation is 1. The molecular formula is C21H30N4O3. The summed E-state index contributed by atoms with van der Waals surface area (Å²) in [5.74, 6) is 1.03. The SMILES string of the molecule is CCCn1nc(C(=O)N2CCOCC2)c2c1CCC(N(C)Cc1ccco1)C2. The smallest absolute Gasteiger partial charge is 0.274 e. The normalized spacial score (nSPS) is 19.8. The largest absolute Gasteiger partial charge is 0.468 e. The number of carbonyl (C=O) groups excluding carboxylic acids is 1. The predicted octanol–water partition coefficient (Wildman–Crippen LogP) is 2.35. The summed E-state index contributed by atoms with van der Waals surface area (Å²) in [6, 6.07) is 4.32. The Morgan fingerprint density at radius 1 is 1.36 bits per heavy atom. The van der Waals surface area contributed by atoms with Gasteiger partial charge in [-0.25, -0.2) is 0 Å². The Kier molecular flexibility index (Phi) is 5.82. The highest BCUT2D eigenvalue weighted by Crippen LogP contribution is 2.29. The van der Waals surface area contributed by atoms with Crippen molar-refractivity contribution in [1.29, 1.82) is 0 Å². The van der Waals surface area contributed by atoms with E-state index in [0.717, 1.165) is 50.1 Å². The molecule has 1 atom stereocenters. The van der Waals surface area contributed by atoms with Crippen LogP contribution in [0.5, 0.6) is 0 Å². The number of ether oxygens (including phenoxy) is 1. The average Bonchev–Trinajstić information content (AvgIpc) is 3.36. The topological polar surface area (TPSA) is 63.7 Å². The molecule has 0 spiro atoms. The Morgan fingerprint density at radius 2 is 2.18 bits per heavy atom. The second-order valence-corrected chi connectivity index (χ2v) is 7.79. The maximum Gasteiger partial charge on any atom is 0.274 e. The monoisotopic (exact) mass is 386 g/mol. The van der Waals surface area contributed by atoms with Crippen molar-refractivity contribution in [3.8, 4) is 0 Å². The fraction of sp³-hybridized carbons (Fsp3) is 0.619. The number of furan rings is 1. The van der Waals surface area contributed by atoms with Gasteiger partial charge in [-0.3, -0.25) is 14.4 Å². The minimum Gasteiger partial charge on any atom is -0.468 e. The van der Waals surface area contributed by atoms with Crippen molar-refractivity contribution >= 4 is 5.91 Å². The van der Waals surface area contributed by atoms with E-state index in [1.807, 2.05) is 17.0 Å². The summed E-state index contributed by atoms with van der Waals surface area (Å²) in [4.78, 5) is 17.4. The number of hydrogen-bond donors (Lipinski definition) is 0. The van der Waals surface area contributed by atoms with Gasteiger partial charge < -0.3 is 14.1 Å². The molecule has 152 valence electrons. The number of carbonyl (C=O) groups is 1. The molecule has 2 aliphatic rings. The molecule has 0 radical (unpaired) electrons. The van der Waals surface area contributed by atoms with E-state index in [0.29, 0.717) is 38.0 Å². The number of fused-ring (bicyclic) bond motifs is 1. The molecule has 0 bridgehead atoms. The van der Waals surface area contributed by atoms with Crippen LogP contribution in [0.15, 0.2) is 22.8 Å². The van der Waals surface area contributed by atoms with E-state index in [9.17, 15) is 4.79 Å². The highest BCUT2D eigenvalue weighted by molar-refractivity contribution is 5.94. The van der Waals surface area contributed by atoms with Crippen molar-refractivity contribution in [1.82, 2.24) is 19.6 Å². The van der Waals surface area contributed by atoms with Crippen LogP contribution in [0.4, 0.5) is 0 Å². The maximum atomic E-state index is 13.2. The first kappa shape index (κ1) is 19.2. The van der Waals surface area contributed by atoms with Crippen LogP contribution in [0, 0.1) is 0 Å². The lowest BCUT2D eigenvalue weighted by molar-refractivity contribution is 0.0297. The van der Waals surface area contributed by atoms with Crippen LogP contribution in [-0.2, 0) is 30.7 Å². The zero-order valence-corrected chi connectivity index (χ0v) is 16.9. The average molecular weight is 386 g/mol. The van der Waals surface area contributed by atoms with Crippen molar-refractivity contribution in [3.63, 3.8) is 0 Å². The van der Waals surface area contributed by atoms with E-state index in [2.05, 4.69) is 23.6 Å². The van der Waals surface area contributed by atoms with Gasteiger partial charge in [-0.05, 0) is 44.9 Å². The van der Waals surface area contributed by atoms with Crippen LogP contribution in [0.3, 0.4) is 0 Å². The first-order valence-electron chi connectivity index (χ1n) is 10.4. The van der Waals surface area contributed by atoms with Crippen molar-refractivity contribution in [2.24, 2.45) is 0 Å². The molecule has 28 heavy (non-hydrogen) atoms. The van der Waals surface area contributed by atoms with Gasteiger partial charge >= 0.3 is 0 Å². The van der Waals surface area contributed by atoms with Crippen molar-refractivity contribution < 1.29 is 13.9 Å². The molecule has 7 nitrogen and oxygen atoms in total. The molecule has 2 aromatic heterocycles. The van der Waals surface area contributed by atoms with Gasteiger partial charge in [0, 0.05) is 36.9 Å². The third-order valence-corrected chi connectivity index (χ3v) is 5.87. The fourth-order valence-electron chi connectivity index (χ4n) is 4.31. The van der Waals surface area contributed by atoms with E-state index in [4.69, 9.17) is 14.3 Å². The zero-order chi connectivity index (χ0) is 19.5. The van der Waals surface area contributed by atoms with Crippen LogP contribution in [0.25, 0.3) is 0 Å². The Morgan fingerprint density at radius 3 is 2.89 bits per heavy atom. The quantitative estimate of drug-likeness (QED) is 0.763. The summed E-state index contributed by atoms with van der Waals surface area (Å²) < 4.78 is 13.0. The van der Waals surface area contributed by atoms with Gasteiger partial charge in [0.05, 0.1) is 26.0 Å². The van der Waals surface area contributed by atoms with Crippen molar-refractivity contribution in [2.75, 3.05) is 33.4 Å². The number of rotatable bonds is 6. The summed E-state index contributed by atoms with van der Waals surface area (Å²) in [5, 5.41) is 4.77. The second-order valence-electron chi connectivity index (χ2n) is 7.79. The Bertz CT molecular complexity index is 793. The summed E-state index contributed by atoms with van der Waals surface area (Å²) in [6.07, 6.45) is 5.63. The molecule has 0 saturated carbocycles. The van der Waals surface area contributed by atoms with E-state index >= 15 is 0 Å². The maximum absolute atomic E-state index is 13.2. The van der Waals surface area contributed by atoms with Gasteiger partial charge in [-0.1, -0.05) is 6.92 Å². The zero-order valence-electron chi connectivity index (χ0n) is 16.9. The van der Waals surface area contributed by atoms with Crippen LogP contribution in [0.1, 0.15) is 47.3 Å². The number of morpholine rings is 1. The van der Waals surface area contributed by atoms with Gasteiger partial charge in [-0.2, -0.15) is 5.10 Å². The molecule has 3 heterocycles. The van der Waals surface area contributed by atoms with Crippen LogP contribution in [0.2, 0.25) is 0 Å². The summed E-state index contributed by atoms with van der Waals surface area (Å²) in [6.45, 7) is 6.32. The number of aromatic nitrogens is 2. The van der Waals surface area contributed by atoms with Gasteiger partial charge in [0.1, 0.15) is 5.76 Å². The number of amides is 1. The second kappa shape index (κ2) is 8.49. The molecule has 0 aromatic carbocycles. The van der Waals surface area contributed by atoms with Crippen LogP contribution < -0.4 is 0 Å². The van der Waals surface area contributed by atoms with Gasteiger partial charge in [-0.15, -0.1) is 0 Å². The molecule has 1 amide bonds. The number of likely N-dealkylation sites (N-methyl/N-ethyl adjacent to an activating group) is 1. The lowest BCUT2D eigenvalue weighted by Crippen LogP contribution is -2.42. The lowest BCUT2D eigenvalue weighted by Gasteiger charge is -2.31. The van der Waals surface area contributed by atoms with E-state index in [1.165, 1.54) is 5.69 Å².